The highest BCUT2D eigenvalue weighted by Crippen LogP contribution is 2.37. The highest BCUT2D eigenvalue weighted by molar-refractivity contribution is 7.99. The average molecular weight is 389 g/mol. The zero-order valence-corrected chi connectivity index (χ0v) is 16.0. The third-order valence-corrected chi connectivity index (χ3v) is 6.48. The topological polar surface area (TPSA) is 58.1 Å². The van der Waals surface area contributed by atoms with Crippen LogP contribution in [0.1, 0.15) is 12.0 Å². The van der Waals surface area contributed by atoms with Crippen LogP contribution in [0.5, 0.6) is 0 Å². The molecule has 7 heteroatoms. The van der Waals surface area contributed by atoms with Gasteiger partial charge in [0, 0.05) is 42.3 Å². The number of amides is 1. The van der Waals surface area contributed by atoms with Crippen molar-refractivity contribution in [2.24, 2.45) is 5.41 Å². The van der Waals surface area contributed by atoms with Crippen molar-refractivity contribution in [3.8, 4) is 0 Å². The standard InChI is InChI=1S/C19H21ClN4OS/c20-15-3-1-14(2-4-15)9-19(18(25)23-16-5-8-26-11-16)12-24(13-19)17-10-21-6-7-22-17/h1-4,6-7,10,16H,5,8-9,11-13H2,(H,23,25). The van der Waals surface area contributed by atoms with Crippen molar-refractivity contribution >= 4 is 35.1 Å². The molecule has 0 bridgehead atoms. The summed E-state index contributed by atoms with van der Waals surface area (Å²) in [6, 6.07) is 8.08. The summed E-state index contributed by atoms with van der Waals surface area (Å²) in [5.74, 6) is 3.11. The number of hydrogen-bond acceptors (Lipinski definition) is 5. The third kappa shape index (κ3) is 3.67. The first kappa shape index (κ1) is 17.6. The number of carbonyl (C=O) groups is 1. The van der Waals surface area contributed by atoms with Crippen molar-refractivity contribution in [2.45, 2.75) is 18.9 Å². The molecule has 0 saturated carbocycles. The van der Waals surface area contributed by atoms with E-state index in [1.807, 2.05) is 36.0 Å². The van der Waals surface area contributed by atoms with Crippen LogP contribution < -0.4 is 10.2 Å². The Balaban J connectivity index is 1.51. The second-order valence-electron chi connectivity index (χ2n) is 7.04. The monoisotopic (exact) mass is 388 g/mol. The van der Waals surface area contributed by atoms with Crippen LogP contribution in [0.3, 0.4) is 0 Å². The zero-order chi connectivity index (χ0) is 18.0. The van der Waals surface area contributed by atoms with Gasteiger partial charge in [-0.3, -0.25) is 9.78 Å². The van der Waals surface area contributed by atoms with Gasteiger partial charge in [0.05, 0.1) is 11.6 Å². The molecule has 0 spiro atoms. The first-order chi connectivity index (χ1) is 12.6. The molecule has 1 unspecified atom stereocenters. The summed E-state index contributed by atoms with van der Waals surface area (Å²) >= 11 is 7.91. The highest BCUT2D eigenvalue weighted by atomic mass is 35.5. The van der Waals surface area contributed by atoms with Crippen molar-refractivity contribution in [1.82, 2.24) is 15.3 Å². The van der Waals surface area contributed by atoms with Gasteiger partial charge in [0.15, 0.2) is 0 Å². The van der Waals surface area contributed by atoms with Crippen LogP contribution in [-0.4, -0.2) is 46.5 Å². The van der Waals surface area contributed by atoms with Gasteiger partial charge in [-0.05, 0) is 36.3 Å². The number of nitrogens with zero attached hydrogens (tertiary/aromatic N) is 3. The Bertz CT molecular complexity index is 759. The number of carbonyl (C=O) groups excluding carboxylic acids is 1. The van der Waals surface area contributed by atoms with E-state index in [0.29, 0.717) is 30.6 Å². The van der Waals surface area contributed by atoms with E-state index < -0.39 is 5.41 Å². The summed E-state index contributed by atoms with van der Waals surface area (Å²) in [6.07, 6.45) is 6.85. The quantitative estimate of drug-likeness (QED) is 0.853. The van der Waals surface area contributed by atoms with Gasteiger partial charge in [0.2, 0.25) is 5.91 Å². The lowest BCUT2D eigenvalue weighted by molar-refractivity contribution is -0.133. The summed E-state index contributed by atoms with van der Waals surface area (Å²) in [4.78, 5) is 23.8. The molecule has 1 amide bonds. The molecule has 0 radical (unpaired) electrons. The molecule has 1 aromatic carbocycles. The Hall–Kier alpha value is -1.79. The molecule has 2 saturated heterocycles. The third-order valence-electron chi connectivity index (χ3n) is 5.06. The number of nitrogens with one attached hydrogen (secondary N) is 1. The summed E-state index contributed by atoms with van der Waals surface area (Å²) in [6.45, 7) is 1.31. The van der Waals surface area contributed by atoms with Gasteiger partial charge in [-0.1, -0.05) is 23.7 Å². The molecule has 2 aliphatic heterocycles. The maximum atomic E-state index is 13.1. The Morgan fingerprint density at radius 2 is 2.12 bits per heavy atom. The molecule has 4 rings (SSSR count). The predicted molar refractivity (Wildman–Crippen MR) is 106 cm³/mol. The normalized spacial score (nSPS) is 21.3. The van der Waals surface area contributed by atoms with E-state index in [9.17, 15) is 4.79 Å². The zero-order valence-electron chi connectivity index (χ0n) is 14.4. The summed E-state index contributed by atoms with van der Waals surface area (Å²) < 4.78 is 0. The maximum Gasteiger partial charge on any atom is 0.230 e. The van der Waals surface area contributed by atoms with Gasteiger partial charge < -0.3 is 10.2 Å². The Kier molecular flexibility index (Phi) is 5.05. The minimum Gasteiger partial charge on any atom is -0.353 e. The van der Waals surface area contributed by atoms with Crippen LogP contribution in [0.15, 0.2) is 42.9 Å². The largest absolute Gasteiger partial charge is 0.353 e. The minimum absolute atomic E-state index is 0.153. The molecule has 0 aliphatic carbocycles. The summed E-state index contributed by atoms with van der Waals surface area (Å²) in [7, 11) is 0. The van der Waals surface area contributed by atoms with E-state index in [4.69, 9.17) is 11.6 Å². The molecule has 136 valence electrons. The van der Waals surface area contributed by atoms with Crippen LogP contribution in [-0.2, 0) is 11.2 Å². The number of hydrogen-bond donors (Lipinski definition) is 1. The fraction of sp³-hybridized carbons (Fsp3) is 0.421. The molecule has 1 atom stereocenters. The van der Waals surface area contributed by atoms with E-state index in [1.54, 1.807) is 18.6 Å². The number of thioether (sulfide) groups is 1. The molecule has 2 aliphatic rings. The SMILES string of the molecule is O=C(NC1CCSC1)C1(Cc2ccc(Cl)cc2)CN(c2cnccn2)C1. The molecule has 2 fully saturated rings. The van der Waals surface area contributed by atoms with Gasteiger partial charge in [-0.15, -0.1) is 0 Å². The fourth-order valence-electron chi connectivity index (χ4n) is 3.62. The second kappa shape index (κ2) is 7.45. The maximum absolute atomic E-state index is 13.1. The minimum atomic E-state index is -0.432. The molecule has 2 aromatic rings. The van der Waals surface area contributed by atoms with Gasteiger partial charge in [-0.2, -0.15) is 11.8 Å². The van der Waals surface area contributed by atoms with Crippen LogP contribution >= 0.6 is 23.4 Å². The van der Waals surface area contributed by atoms with Crippen molar-refractivity contribution < 1.29 is 4.79 Å². The molecule has 26 heavy (non-hydrogen) atoms. The lowest BCUT2D eigenvalue weighted by Gasteiger charge is -2.49. The predicted octanol–water partition coefficient (Wildman–Crippen LogP) is 2.80. The van der Waals surface area contributed by atoms with Crippen LogP contribution in [0.4, 0.5) is 5.82 Å². The van der Waals surface area contributed by atoms with Crippen molar-refractivity contribution in [1.29, 1.82) is 0 Å². The Labute approximate surface area is 162 Å². The number of aromatic nitrogens is 2. The first-order valence-corrected chi connectivity index (χ1v) is 10.3. The van der Waals surface area contributed by atoms with E-state index >= 15 is 0 Å². The molecule has 5 nitrogen and oxygen atoms in total. The van der Waals surface area contributed by atoms with Crippen LogP contribution in [0.2, 0.25) is 5.02 Å². The van der Waals surface area contributed by atoms with E-state index in [1.165, 1.54) is 0 Å². The van der Waals surface area contributed by atoms with Crippen molar-refractivity contribution in [3.05, 3.63) is 53.4 Å². The van der Waals surface area contributed by atoms with Crippen molar-refractivity contribution in [2.75, 3.05) is 29.5 Å². The van der Waals surface area contributed by atoms with Crippen LogP contribution in [0, 0.1) is 5.41 Å². The van der Waals surface area contributed by atoms with Gasteiger partial charge in [-0.25, -0.2) is 4.98 Å². The van der Waals surface area contributed by atoms with Crippen LogP contribution in [0.25, 0.3) is 0 Å². The lowest BCUT2D eigenvalue weighted by atomic mass is 9.73. The summed E-state index contributed by atoms with van der Waals surface area (Å²) in [5.41, 5.74) is 0.697. The number of rotatable bonds is 5. The lowest BCUT2D eigenvalue weighted by Crippen LogP contribution is -2.65. The Morgan fingerprint density at radius 1 is 1.31 bits per heavy atom. The first-order valence-electron chi connectivity index (χ1n) is 8.79. The fourth-order valence-corrected chi connectivity index (χ4v) is 4.89. The number of halogens is 1. The molecular weight excluding hydrogens is 368 g/mol. The molecule has 1 aromatic heterocycles. The van der Waals surface area contributed by atoms with E-state index in [2.05, 4.69) is 20.2 Å². The van der Waals surface area contributed by atoms with E-state index in [0.717, 1.165) is 29.3 Å². The molecule has 1 N–H and O–H groups in total. The second-order valence-corrected chi connectivity index (χ2v) is 8.62. The highest BCUT2D eigenvalue weighted by Gasteiger charge is 2.50. The smallest absolute Gasteiger partial charge is 0.230 e. The van der Waals surface area contributed by atoms with E-state index in [-0.39, 0.29) is 5.91 Å². The van der Waals surface area contributed by atoms with Gasteiger partial charge in [0.25, 0.3) is 0 Å². The average Bonchev–Trinajstić information content (AvgIpc) is 3.13. The van der Waals surface area contributed by atoms with Crippen molar-refractivity contribution in [3.63, 3.8) is 0 Å². The Morgan fingerprint density at radius 3 is 2.77 bits per heavy atom. The number of anilines is 1. The number of benzene rings is 1. The summed E-state index contributed by atoms with van der Waals surface area (Å²) in [5, 5.41) is 3.99. The molecular formula is C19H21ClN4OS. The van der Waals surface area contributed by atoms with Gasteiger partial charge >= 0.3 is 0 Å². The molecule has 3 heterocycles. The van der Waals surface area contributed by atoms with Gasteiger partial charge in [0.1, 0.15) is 5.82 Å².